The minimum absolute atomic E-state index is 0.275. The molecular formula is C23H22FN5O2. The highest BCUT2D eigenvalue weighted by molar-refractivity contribution is 5.77. The fourth-order valence-corrected chi connectivity index (χ4v) is 3.30. The van der Waals surface area contributed by atoms with Gasteiger partial charge >= 0.3 is 6.03 Å². The minimum atomic E-state index is -0.307. The Morgan fingerprint density at radius 3 is 2.74 bits per heavy atom. The zero-order chi connectivity index (χ0) is 21.6. The Labute approximate surface area is 178 Å². The third-order valence-corrected chi connectivity index (χ3v) is 4.81. The summed E-state index contributed by atoms with van der Waals surface area (Å²) in [4.78, 5) is 21.3. The van der Waals surface area contributed by atoms with Crippen molar-refractivity contribution < 1.29 is 13.9 Å². The van der Waals surface area contributed by atoms with E-state index in [1.54, 1.807) is 25.4 Å². The van der Waals surface area contributed by atoms with Crippen molar-refractivity contribution in [2.45, 2.75) is 13.1 Å². The Hall–Kier alpha value is -3.94. The third kappa shape index (κ3) is 4.80. The van der Waals surface area contributed by atoms with Crippen LogP contribution in [0.15, 0.2) is 66.9 Å². The van der Waals surface area contributed by atoms with E-state index in [0.717, 1.165) is 22.4 Å². The number of hydrogen-bond acceptors (Lipinski definition) is 4. The van der Waals surface area contributed by atoms with E-state index in [1.807, 2.05) is 41.0 Å². The quantitative estimate of drug-likeness (QED) is 0.478. The number of nitrogens with one attached hydrogen (secondary N) is 2. The Kier molecular flexibility index (Phi) is 6.07. The van der Waals surface area contributed by atoms with Crippen LogP contribution in [-0.4, -0.2) is 34.2 Å². The van der Waals surface area contributed by atoms with Gasteiger partial charge in [-0.2, -0.15) is 0 Å². The molecule has 2 heterocycles. The second-order valence-electron chi connectivity index (χ2n) is 6.90. The van der Waals surface area contributed by atoms with Crippen molar-refractivity contribution in [1.29, 1.82) is 0 Å². The Bertz CT molecular complexity index is 1190. The van der Waals surface area contributed by atoms with Gasteiger partial charge in [0.05, 0.1) is 7.11 Å². The van der Waals surface area contributed by atoms with E-state index < -0.39 is 0 Å². The number of rotatable bonds is 7. The van der Waals surface area contributed by atoms with Gasteiger partial charge in [0, 0.05) is 31.4 Å². The normalized spacial score (nSPS) is 10.8. The highest BCUT2D eigenvalue weighted by atomic mass is 19.1. The van der Waals surface area contributed by atoms with Crippen molar-refractivity contribution in [1.82, 2.24) is 25.2 Å². The van der Waals surface area contributed by atoms with Crippen LogP contribution < -0.4 is 15.4 Å². The zero-order valence-corrected chi connectivity index (χ0v) is 17.0. The average Bonchev–Trinajstić information content (AvgIpc) is 3.17. The van der Waals surface area contributed by atoms with Gasteiger partial charge < -0.3 is 19.9 Å². The van der Waals surface area contributed by atoms with Gasteiger partial charge in [-0.15, -0.1) is 0 Å². The predicted octanol–water partition coefficient (Wildman–Crippen LogP) is 3.75. The third-order valence-electron chi connectivity index (χ3n) is 4.81. The maximum atomic E-state index is 13.3. The maximum Gasteiger partial charge on any atom is 0.315 e. The standard InChI is InChI=1S/C23H22FN5O2/c1-31-19-5-2-4-16(14-19)15-27-23(30)26-12-13-29-21(17-7-9-18(24)10-8-17)28-20-6-3-11-25-22(20)29/h2-11,14H,12-13,15H2,1H3,(H2,26,27,30). The van der Waals surface area contributed by atoms with Crippen LogP contribution in [0.25, 0.3) is 22.6 Å². The molecule has 0 spiro atoms. The first-order valence-electron chi connectivity index (χ1n) is 9.86. The molecule has 0 aliphatic carbocycles. The van der Waals surface area contributed by atoms with Gasteiger partial charge in [0.1, 0.15) is 22.9 Å². The van der Waals surface area contributed by atoms with Crippen molar-refractivity contribution in [3.05, 3.63) is 78.2 Å². The lowest BCUT2D eigenvalue weighted by Gasteiger charge is -2.11. The van der Waals surface area contributed by atoms with Crippen molar-refractivity contribution in [3.8, 4) is 17.1 Å². The lowest BCUT2D eigenvalue weighted by Crippen LogP contribution is -2.36. The van der Waals surface area contributed by atoms with Crippen LogP contribution in [0.2, 0.25) is 0 Å². The first kappa shape index (κ1) is 20.3. The molecule has 8 heteroatoms. The molecule has 0 bridgehead atoms. The number of halogens is 1. The van der Waals surface area contributed by atoms with Crippen LogP contribution in [0.1, 0.15) is 5.56 Å². The fraction of sp³-hybridized carbons (Fsp3) is 0.174. The largest absolute Gasteiger partial charge is 0.497 e. The Morgan fingerprint density at radius 2 is 1.94 bits per heavy atom. The second kappa shape index (κ2) is 9.25. The molecule has 0 atom stereocenters. The SMILES string of the molecule is COc1cccc(CNC(=O)NCCn2c(-c3ccc(F)cc3)nc3cccnc32)c1. The van der Waals surface area contributed by atoms with Gasteiger partial charge in [-0.05, 0) is 54.1 Å². The van der Waals surface area contributed by atoms with E-state index in [-0.39, 0.29) is 11.8 Å². The van der Waals surface area contributed by atoms with E-state index >= 15 is 0 Å². The molecule has 2 amide bonds. The Balaban J connectivity index is 1.42. The first-order chi connectivity index (χ1) is 15.1. The number of benzene rings is 2. The van der Waals surface area contributed by atoms with Crippen molar-refractivity contribution >= 4 is 17.2 Å². The minimum Gasteiger partial charge on any atom is -0.497 e. The summed E-state index contributed by atoms with van der Waals surface area (Å²) in [7, 11) is 1.61. The lowest BCUT2D eigenvalue weighted by atomic mass is 10.2. The topological polar surface area (TPSA) is 81.1 Å². The van der Waals surface area contributed by atoms with E-state index in [0.29, 0.717) is 31.1 Å². The number of amides is 2. The molecule has 2 N–H and O–H groups in total. The van der Waals surface area contributed by atoms with Gasteiger partial charge in [-0.3, -0.25) is 0 Å². The molecule has 158 valence electrons. The van der Waals surface area contributed by atoms with Crippen molar-refractivity contribution in [2.75, 3.05) is 13.7 Å². The van der Waals surface area contributed by atoms with E-state index in [4.69, 9.17) is 4.74 Å². The molecule has 2 aromatic heterocycles. The number of ether oxygens (including phenoxy) is 1. The summed E-state index contributed by atoms with van der Waals surface area (Å²) in [6, 6.07) is 17.1. The van der Waals surface area contributed by atoms with Gasteiger partial charge in [0.15, 0.2) is 5.65 Å². The molecule has 0 saturated heterocycles. The monoisotopic (exact) mass is 419 g/mol. The maximum absolute atomic E-state index is 13.3. The molecule has 4 rings (SSSR count). The summed E-state index contributed by atoms with van der Waals surface area (Å²) in [6.45, 7) is 1.23. The molecule has 0 aliphatic heterocycles. The van der Waals surface area contributed by atoms with Gasteiger partial charge in [-0.25, -0.2) is 19.2 Å². The first-order valence-corrected chi connectivity index (χ1v) is 9.86. The molecule has 2 aromatic carbocycles. The number of imidazole rings is 1. The van der Waals surface area contributed by atoms with E-state index in [9.17, 15) is 9.18 Å². The molecule has 0 radical (unpaired) electrons. The number of carbonyl (C=O) groups is 1. The summed E-state index contributed by atoms with van der Waals surface area (Å²) in [5, 5.41) is 5.69. The van der Waals surface area contributed by atoms with E-state index in [1.165, 1.54) is 12.1 Å². The number of hydrogen-bond donors (Lipinski definition) is 2. The molecule has 0 saturated carbocycles. The fourth-order valence-electron chi connectivity index (χ4n) is 3.30. The lowest BCUT2D eigenvalue weighted by molar-refractivity contribution is 0.240. The Morgan fingerprint density at radius 1 is 1.10 bits per heavy atom. The summed E-state index contributed by atoms with van der Waals surface area (Å²) in [6.07, 6.45) is 1.70. The summed E-state index contributed by atoms with van der Waals surface area (Å²) in [5.74, 6) is 1.11. The van der Waals surface area contributed by atoms with Crippen LogP contribution in [-0.2, 0) is 13.1 Å². The van der Waals surface area contributed by atoms with Crippen LogP contribution in [0, 0.1) is 5.82 Å². The highest BCUT2D eigenvalue weighted by Crippen LogP contribution is 2.23. The van der Waals surface area contributed by atoms with Crippen LogP contribution in [0.4, 0.5) is 9.18 Å². The number of nitrogens with zero attached hydrogens (tertiary/aromatic N) is 3. The van der Waals surface area contributed by atoms with Gasteiger partial charge in [0.2, 0.25) is 0 Å². The van der Waals surface area contributed by atoms with Gasteiger partial charge in [-0.1, -0.05) is 12.1 Å². The second-order valence-corrected chi connectivity index (χ2v) is 6.90. The molecule has 0 unspecified atom stereocenters. The average molecular weight is 419 g/mol. The number of carbonyl (C=O) groups excluding carboxylic acids is 1. The van der Waals surface area contributed by atoms with E-state index in [2.05, 4.69) is 20.6 Å². The molecule has 0 aliphatic rings. The highest BCUT2D eigenvalue weighted by Gasteiger charge is 2.13. The number of fused-ring (bicyclic) bond motifs is 1. The van der Waals surface area contributed by atoms with Crippen molar-refractivity contribution in [3.63, 3.8) is 0 Å². The number of aromatic nitrogens is 3. The molecule has 31 heavy (non-hydrogen) atoms. The summed E-state index contributed by atoms with van der Waals surface area (Å²) in [5.41, 5.74) is 3.17. The summed E-state index contributed by atoms with van der Waals surface area (Å²) >= 11 is 0. The number of methoxy groups -OCH3 is 1. The predicted molar refractivity (Wildman–Crippen MR) is 116 cm³/mol. The van der Waals surface area contributed by atoms with Crippen LogP contribution in [0.5, 0.6) is 5.75 Å². The zero-order valence-electron chi connectivity index (χ0n) is 17.0. The molecule has 4 aromatic rings. The number of pyridine rings is 1. The van der Waals surface area contributed by atoms with Crippen LogP contribution >= 0.6 is 0 Å². The van der Waals surface area contributed by atoms with Crippen molar-refractivity contribution in [2.24, 2.45) is 0 Å². The number of urea groups is 1. The molecule has 0 fully saturated rings. The molecular weight excluding hydrogens is 397 g/mol. The van der Waals surface area contributed by atoms with Gasteiger partial charge in [0.25, 0.3) is 0 Å². The van der Waals surface area contributed by atoms with Crippen LogP contribution in [0.3, 0.4) is 0 Å². The smallest absolute Gasteiger partial charge is 0.315 e. The molecule has 7 nitrogen and oxygen atoms in total. The summed E-state index contributed by atoms with van der Waals surface area (Å²) < 4.78 is 20.5.